The van der Waals surface area contributed by atoms with Crippen LogP contribution in [-0.2, 0) is 14.3 Å². The van der Waals surface area contributed by atoms with Gasteiger partial charge < -0.3 is 30.5 Å². The molecule has 0 radical (unpaired) electrons. The number of ether oxygens (including phenoxy) is 2. The van der Waals surface area contributed by atoms with Crippen molar-refractivity contribution in [1.29, 1.82) is 0 Å². The summed E-state index contributed by atoms with van der Waals surface area (Å²) in [4.78, 5) is 23.8. The molecule has 3 unspecified atom stereocenters. The van der Waals surface area contributed by atoms with Crippen molar-refractivity contribution in [2.75, 3.05) is 12.3 Å². The average Bonchev–Trinajstić information content (AvgIpc) is 3.18. The summed E-state index contributed by atoms with van der Waals surface area (Å²) >= 11 is 0. The largest absolute Gasteiger partial charge is 0.464 e. The van der Waals surface area contributed by atoms with Crippen molar-refractivity contribution in [3.63, 3.8) is 0 Å². The molecule has 5 N–H and O–H groups in total. The van der Waals surface area contributed by atoms with Gasteiger partial charge in [0, 0.05) is 0 Å². The molecular formula is C15H21N5O6. The van der Waals surface area contributed by atoms with Crippen molar-refractivity contribution in [1.82, 2.24) is 19.5 Å². The number of nitrogens with zero attached hydrogens (tertiary/aromatic N) is 4. The van der Waals surface area contributed by atoms with Crippen molar-refractivity contribution < 1.29 is 29.6 Å². The van der Waals surface area contributed by atoms with E-state index in [0.29, 0.717) is 11.9 Å². The van der Waals surface area contributed by atoms with Crippen molar-refractivity contribution in [2.45, 2.75) is 50.4 Å². The van der Waals surface area contributed by atoms with E-state index in [1.54, 1.807) is 0 Å². The normalized spacial score (nSPS) is 26.9. The van der Waals surface area contributed by atoms with E-state index >= 15 is 0 Å². The topological polar surface area (TPSA) is 166 Å². The maximum Gasteiger partial charge on any atom is 0.337 e. The zero-order chi connectivity index (χ0) is 18.8. The van der Waals surface area contributed by atoms with Gasteiger partial charge in [0.15, 0.2) is 23.8 Å². The number of carbonyl (C=O) groups is 1. The fourth-order valence-electron chi connectivity index (χ4n) is 2.77. The Bertz CT molecular complexity index is 783. The van der Waals surface area contributed by atoms with Gasteiger partial charge in [-0.25, -0.2) is 19.7 Å². The summed E-state index contributed by atoms with van der Waals surface area (Å²) in [5, 5.41) is 30.7. The average molecular weight is 367 g/mol. The number of unbranched alkanes of at least 4 members (excludes halogenated alkanes) is 1. The second-order valence-corrected chi connectivity index (χ2v) is 6.02. The van der Waals surface area contributed by atoms with Crippen LogP contribution in [0, 0.1) is 0 Å². The molecule has 0 aliphatic carbocycles. The van der Waals surface area contributed by atoms with Crippen molar-refractivity contribution in [3.05, 3.63) is 12.7 Å². The maximum atomic E-state index is 11.9. The van der Waals surface area contributed by atoms with Crippen LogP contribution in [0.5, 0.6) is 0 Å². The van der Waals surface area contributed by atoms with E-state index in [2.05, 4.69) is 15.0 Å². The van der Waals surface area contributed by atoms with Gasteiger partial charge in [-0.1, -0.05) is 13.3 Å². The number of nitrogen functional groups attached to an aromatic ring is 1. The number of hydrogen-bond acceptors (Lipinski definition) is 10. The van der Waals surface area contributed by atoms with Gasteiger partial charge in [-0.3, -0.25) is 4.57 Å². The first-order chi connectivity index (χ1) is 12.5. The minimum Gasteiger partial charge on any atom is -0.464 e. The van der Waals surface area contributed by atoms with Gasteiger partial charge in [0.2, 0.25) is 0 Å². The van der Waals surface area contributed by atoms with Crippen LogP contribution >= 0.6 is 0 Å². The van der Waals surface area contributed by atoms with E-state index in [1.165, 1.54) is 17.2 Å². The third-order valence-electron chi connectivity index (χ3n) is 4.23. The number of esters is 1. The molecule has 2 aromatic heterocycles. The number of fused-ring (bicyclic) bond motifs is 1. The summed E-state index contributed by atoms with van der Waals surface area (Å²) in [6.07, 6.45) is -3.12. The molecule has 3 heterocycles. The maximum absolute atomic E-state index is 11.9. The molecule has 1 saturated heterocycles. The Balaban J connectivity index is 1.79. The first-order valence-electron chi connectivity index (χ1n) is 8.25. The Kier molecular flexibility index (Phi) is 5.32. The molecule has 3 rings (SSSR count). The van der Waals surface area contributed by atoms with Crippen LogP contribution in [0.15, 0.2) is 12.7 Å². The molecule has 2 aromatic rings. The van der Waals surface area contributed by atoms with Crippen molar-refractivity contribution >= 4 is 23.0 Å². The molecule has 0 aromatic carbocycles. The molecule has 0 bridgehead atoms. The Labute approximate surface area is 148 Å². The first-order valence-corrected chi connectivity index (χ1v) is 8.25. The zero-order valence-electron chi connectivity index (χ0n) is 14.1. The molecule has 0 spiro atoms. The highest BCUT2D eigenvalue weighted by Crippen LogP contribution is 2.33. The standard InChI is InChI=1S/C15H21N5O6/c1-2-3-4-25-15(24)10(23)11-8(21)9(22)14(26-11)20-6-19-7-12(16)17-5-18-13(7)20/h5-6,8-11,14,21-23H,2-4H2,1H3,(H2,16,17,18)/t8?,9?,10?,11-,14+/m0/s1. The van der Waals surface area contributed by atoms with Gasteiger partial charge in [0.1, 0.15) is 30.2 Å². The summed E-state index contributed by atoms with van der Waals surface area (Å²) < 4.78 is 11.8. The van der Waals surface area contributed by atoms with E-state index < -0.39 is 36.6 Å². The Hall–Kier alpha value is -2.34. The number of imidazole rings is 1. The molecule has 1 aliphatic rings. The lowest BCUT2D eigenvalue weighted by atomic mass is 10.1. The van der Waals surface area contributed by atoms with Crippen LogP contribution in [0.25, 0.3) is 11.2 Å². The summed E-state index contributed by atoms with van der Waals surface area (Å²) in [7, 11) is 0. The van der Waals surface area contributed by atoms with E-state index in [-0.39, 0.29) is 18.1 Å². The van der Waals surface area contributed by atoms with Gasteiger partial charge in [0.25, 0.3) is 0 Å². The van der Waals surface area contributed by atoms with E-state index in [1.807, 2.05) is 6.92 Å². The number of nitrogens with two attached hydrogens (primary N) is 1. The molecule has 5 atom stereocenters. The highest BCUT2D eigenvalue weighted by atomic mass is 16.6. The van der Waals surface area contributed by atoms with Crippen LogP contribution < -0.4 is 5.73 Å². The van der Waals surface area contributed by atoms with Gasteiger partial charge >= 0.3 is 5.97 Å². The molecule has 1 fully saturated rings. The second kappa shape index (κ2) is 7.50. The minimum atomic E-state index is -1.74. The predicted octanol–water partition coefficient (Wildman–Crippen LogP) is -1.27. The number of anilines is 1. The van der Waals surface area contributed by atoms with Gasteiger partial charge in [-0.2, -0.15) is 0 Å². The van der Waals surface area contributed by atoms with Crippen LogP contribution in [0.1, 0.15) is 26.0 Å². The quantitative estimate of drug-likeness (QED) is 0.357. The second-order valence-electron chi connectivity index (χ2n) is 6.02. The lowest BCUT2D eigenvalue weighted by molar-refractivity contribution is -0.166. The lowest BCUT2D eigenvalue weighted by Gasteiger charge is -2.19. The van der Waals surface area contributed by atoms with Crippen molar-refractivity contribution in [3.8, 4) is 0 Å². The van der Waals surface area contributed by atoms with Gasteiger partial charge in [-0.15, -0.1) is 0 Å². The van der Waals surface area contributed by atoms with E-state index in [4.69, 9.17) is 15.2 Å². The van der Waals surface area contributed by atoms with Crippen LogP contribution in [0.2, 0.25) is 0 Å². The molecule has 11 nitrogen and oxygen atoms in total. The third-order valence-corrected chi connectivity index (χ3v) is 4.23. The molecule has 142 valence electrons. The zero-order valence-corrected chi connectivity index (χ0v) is 14.1. The molecule has 26 heavy (non-hydrogen) atoms. The number of aliphatic hydroxyl groups is 3. The number of carbonyl (C=O) groups excluding carboxylic acids is 1. The van der Waals surface area contributed by atoms with Crippen molar-refractivity contribution in [2.24, 2.45) is 0 Å². The van der Waals surface area contributed by atoms with Gasteiger partial charge in [0.05, 0.1) is 12.9 Å². The van der Waals surface area contributed by atoms with E-state index in [9.17, 15) is 20.1 Å². The Morgan fingerprint density at radius 3 is 2.88 bits per heavy atom. The number of aromatic nitrogens is 4. The summed E-state index contributed by atoms with van der Waals surface area (Å²) in [5.41, 5.74) is 6.32. The third kappa shape index (κ3) is 3.21. The van der Waals surface area contributed by atoms with E-state index in [0.717, 1.165) is 6.42 Å². The number of aliphatic hydroxyl groups excluding tert-OH is 3. The summed E-state index contributed by atoms with van der Waals surface area (Å²) in [6.45, 7) is 2.09. The SMILES string of the molecule is CCCCOC(=O)C(O)[C@H]1O[C@@H](n2cnc3c(N)ncnc32)C(O)C1O. The predicted molar refractivity (Wildman–Crippen MR) is 87.5 cm³/mol. The fourth-order valence-corrected chi connectivity index (χ4v) is 2.77. The Morgan fingerprint density at radius 2 is 2.15 bits per heavy atom. The monoisotopic (exact) mass is 367 g/mol. The molecule has 0 amide bonds. The van der Waals surface area contributed by atoms with Crippen LogP contribution in [0.3, 0.4) is 0 Å². The molecule has 1 aliphatic heterocycles. The Morgan fingerprint density at radius 1 is 1.38 bits per heavy atom. The van der Waals surface area contributed by atoms with Crippen LogP contribution in [0.4, 0.5) is 5.82 Å². The fraction of sp³-hybridized carbons (Fsp3) is 0.600. The van der Waals surface area contributed by atoms with Gasteiger partial charge in [-0.05, 0) is 6.42 Å². The molecular weight excluding hydrogens is 346 g/mol. The highest BCUT2D eigenvalue weighted by molar-refractivity contribution is 5.81. The molecule has 0 saturated carbocycles. The lowest BCUT2D eigenvalue weighted by Crippen LogP contribution is -2.43. The van der Waals surface area contributed by atoms with Crippen LogP contribution in [-0.4, -0.2) is 71.8 Å². The first kappa shape index (κ1) is 18.5. The number of rotatable bonds is 6. The smallest absolute Gasteiger partial charge is 0.337 e. The molecule has 11 heteroatoms. The number of hydrogen-bond donors (Lipinski definition) is 4. The minimum absolute atomic E-state index is 0.151. The highest BCUT2D eigenvalue weighted by Gasteiger charge is 2.49. The summed E-state index contributed by atoms with van der Waals surface area (Å²) in [5.74, 6) is -0.768. The summed E-state index contributed by atoms with van der Waals surface area (Å²) in [6, 6.07) is 0.